The maximum atomic E-state index is 12.7. The minimum atomic E-state index is -4.42. The molecule has 1 aliphatic heterocycles. The van der Waals surface area contributed by atoms with Gasteiger partial charge in [0.15, 0.2) is 0 Å². The summed E-state index contributed by atoms with van der Waals surface area (Å²) in [5.74, 6) is 0. The van der Waals surface area contributed by atoms with Crippen molar-refractivity contribution in [2.24, 2.45) is 0 Å². The number of hydrogen-bond acceptors (Lipinski definition) is 3. The zero-order valence-electron chi connectivity index (χ0n) is 10.6. The summed E-state index contributed by atoms with van der Waals surface area (Å²) in [5.41, 5.74) is -0.359. The lowest BCUT2D eigenvalue weighted by Gasteiger charge is -2.35. The third-order valence-electron chi connectivity index (χ3n) is 3.17. The number of aliphatic hydroxyl groups excluding tert-OH is 1. The van der Waals surface area contributed by atoms with Crippen LogP contribution in [0.5, 0.6) is 0 Å². The van der Waals surface area contributed by atoms with Crippen LogP contribution in [0.3, 0.4) is 0 Å². The van der Waals surface area contributed by atoms with Crippen molar-refractivity contribution < 1.29 is 27.8 Å². The fraction of sp³-hybridized carbons (Fsp3) is 0.462. The van der Waals surface area contributed by atoms with Gasteiger partial charge in [0.05, 0.1) is 24.8 Å². The number of benzene rings is 1. The van der Waals surface area contributed by atoms with Crippen LogP contribution in [0.15, 0.2) is 24.3 Å². The van der Waals surface area contributed by atoms with Crippen LogP contribution in [0.4, 0.5) is 18.0 Å². The van der Waals surface area contributed by atoms with Gasteiger partial charge in [-0.15, -0.1) is 0 Å². The predicted octanol–water partition coefficient (Wildman–Crippen LogP) is 2.58. The van der Waals surface area contributed by atoms with Gasteiger partial charge in [-0.25, -0.2) is 4.79 Å². The SMILES string of the molecule is O=C1OCCC(c2cccc(C(F)(F)F)c2)N1CCO. The first-order valence-corrected chi connectivity index (χ1v) is 6.15. The average molecular weight is 289 g/mol. The predicted molar refractivity (Wildman–Crippen MR) is 63.9 cm³/mol. The van der Waals surface area contributed by atoms with E-state index in [2.05, 4.69) is 0 Å². The monoisotopic (exact) mass is 289 g/mol. The summed E-state index contributed by atoms with van der Waals surface area (Å²) in [6.07, 6.45) is -4.65. The van der Waals surface area contributed by atoms with Gasteiger partial charge in [0.2, 0.25) is 0 Å². The van der Waals surface area contributed by atoms with Gasteiger partial charge in [-0.05, 0) is 17.7 Å². The van der Waals surface area contributed by atoms with Crippen molar-refractivity contribution in [3.05, 3.63) is 35.4 Å². The molecular formula is C13H14F3NO3. The molecule has 1 atom stereocenters. The van der Waals surface area contributed by atoms with Crippen LogP contribution in [-0.4, -0.2) is 35.9 Å². The molecule has 1 aromatic rings. The first-order chi connectivity index (χ1) is 9.43. The van der Waals surface area contributed by atoms with Crippen LogP contribution in [0.1, 0.15) is 23.6 Å². The second kappa shape index (κ2) is 5.70. The number of nitrogens with zero attached hydrogens (tertiary/aromatic N) is 1. The summed E-state index contributed by atoms with van der Waals surface area (Å²) in [6.45, 7) is -0.0913. The number of halogens is 3. The molecule has 0 saturated carbocycles. The molecule has 110 valence electrons. The zero-order valence-corrected chi connectivity index (χ0v) is 10.6. The molecule has 1 fully saturated rings. The second-order valence-electron chi connectivity index (χ2n) is 4.46. The number of aliphatic hydroxyl groups is 1. The van der Waals surface area contributed by atoms with E-state index in [0.29, 0.717) is 12.0 Å². The summed E-state index contributed by atoms with van der Waals surface area (Å²) < 4.78 is 43.0. The van der Waals surface area contributed by atoms with Gasteiger partial charge in [0.25, 0.3) is 0 Å². The van der Waals surface area contributed by atoms with Gasteiger partial charge in [-0.3, -0.25) is 4.90 Å². The first kappa shape index (κ1) is 14.6. The Labute approximate surface area is 113 Å². The van der Waals surface area contributed by atoms with Crippen molar-refractivity contribution in [3.8, 4) is 0 Å². The lowest BCUT2D eigenvalue weighted by Crippen LogP contribution is -2.42. The molecule has 1 N–H and O–H groups in total. The molecule has 0 aliphatic carbocycles. The number of carbonyl (C=O) groups is 1. The molecular weight excluding hydrogens is 275 g/mol. The third kappa shape index (κ3) is 3.04. The summed E-state index contributed by atoms with van der Waals surface area (Å²) in [4.78, 5) is 12.9. The highest BCUT2D eigenvalue weighted by atomic mass is 19.4. The molecule has 1 aromatic carbocycles. The summed E-state index contributed by atoms with van der Waals surface area (Å²) in [6, 6.07) is 4.37. The fourth-order valence-electron chi connectivity index (χ4n) is 2.25. The van der Waals surface area contributed by atoms with Gasteiger partial charge < -0.3 is 9.84 Å². The van der Waals surface area contributed by atoms with E-state index >= 15 is 0 Å². The number of rotatable bonds is 3. The molecule has 0 aromatic heterocycles. The molecule has 4 nitrogen and oxygen atoms in total. The molecule has 0 bridgehead atoms. The molecule has 1 saturated heterocycles. The van der Waals surface area contributed by atoms with Crippen LogP contribution in [-0.2, 0) is 10.9 Å². The quantitative estimate of drug-likeness (QED) is 0.930. The van der Waals surface area contributed by atoms with Crippen molar-refractivity contribution in [2.75, 3.05) is 19.8 Å². The maximum Gasteiger partial charge on any atom is 0.416 e. The number of ether oxygens (including phenoxy) is 1. The summed E-state index contributed by atoms with van der Waals surface area (Å²) in [5, 5.41) is 8.96. The Kier molecular flexibility index (Phi) is 4.17. The van der Waals surface area contributed by atoms with E-state index in [1.807, 2.05) is 0 Å². The molecule has 20 heavy (non-hydrogen) atoms. The number of alkyl halides is 3. The van der Waals surface area contributed by atoms with Crippen molar-refractivity contribution in [1.82, 2.24) is 4.90 Å². The highest BCUT2D eigenvalue weighted by molar-refractivity contribution is 5.69. The van der Waals surface area contributed by atoms with E-state index in [0.717, 1.165) is 12.1 Å². The fourth-order valence-corrected chi connectivity index (χ4v) is 2.25. The Hall–Kier alpha value is -1.76. The topological polar surface area (TPSA) is 49.8 Å². The van der Waals surface area contributed by atoms with E-state index in [4.69, 9.17) is 9.84 Å². The maximum absolute atomic E-state index is 12.7. The van der Waals surface area contributed by atoms with Gasteiger partial charge in [-0.2, -0.15) is 13.2 Å². The minimum absolute atomic E-state index is 0.0275. The Balaban J connectivity index is 2.31. The Morgan fingerprint density at radius 3 is 2.80 bits per heavy atom. The molecule has 7 heteroatoms. The van der Waals surface area contributed by atoms with Gasteiger partial charge in [0.1, 0.15) is 0 Å². The van der Waals surface area contributed by atoms with Crippen molar-refractivity contribution in [3.63, 3.8) is 0 Å². The number of hydrogen-bond donors (Lipinski definition) is 1. The number of cyclic esters (lactones) is 1. The van der Waals surface area contributed by atoms with Crippen molar-refractivity contribution in [2.45, 2.75) is 18.6 Å². The Morgan fingerprint density at radius 1 is 1.40 bits per heavy atom. The Bertz CT molecular complexity index is 490. The Morgan fingerprint density at radius 2 is 2.15 bits per heavy atom. The third-order valence-corrected chi connectivity index (χ3v) is 3.17. The van der Waals surface area contributed by atoms with E-state index in [1.165, 1.54) is 11.0 Å². The highest BCUT2D eigenvalue weighted by Crippen LogP contribution is 2.34. The zero-order chi connectivity index (χ0) is 14.8. The lowest BCUT2D eigenvalue weighted by molar-refractivity contribution is -0.137. The van der Waals surface area contributed by atoms with Crippen LogP contribution in [0.2, 0.25) is 0 Å². The van der Waals surface area contributed by atoms with E-state index in [9.17, 15) is 18.0 Å². The van der Waals surface area contributed by atoms with E-state index in [-0.39, 0.29) is 19.8 Å². The van der Waals surface area contributed by atoms with Gasteiger partial charge >= 0.3 is 12.3 Å². The molecule has 0 spiro atoms. The standard InChI is InChI=1S/C13H14F3NO3/c14-13(15,16)10-3-1-2-9(8-10)11-4-7-20-12(19)17(11)5-6-18/h1-3,8,11,18H,4-7H2. The lowest BCUT2D eigenvalue weighted by atomic mass is 9.99. The van der Waals surface area contributed by atoms with Crippen molar-refractivity contribution >= 4 is 6.09 Å². The molecule has 1 unspecified atom stereocenters. The summed E-state index contributed by atoms with van der Waals surface area (Å²) >= 11 is 0. The summed E-state index contributed by atoms with van der Waals surface area (Å²) in [7, 11) is 0. The van der Waals surface area contributed by atoms with Gasteiger partial charge in [-0.1, -0.05) is 12.1 Å². The van der Waals surface area contributed by atoms with Crippen molar-refractivity contribution in [1.29, 1.82) is 0 Å². The molecule has 0 radical (unpaired) electrons. The number of carbonyl (C=O) groups excluding carboxylic acids is 1. The first-order valence-electron chi connectivity index (χ1n) is 6.15. The highest BCUT2D eigenvalue weighted by Gasteiger charge is 2.34. The van der Waals surface area contributed by atoms with Crippen LogP contribution >= 0.6 is 0 Å². The second-order valence-corrected chi connectivity index (χ2v) is 4.46. The molecule has 2 rings (SSSR count). The molecule has 1 aliphatic rings. The smallest absolute Gasteiger partial charge is 0.416 e. The number of β-amino-alcohol motifs (C(OH)–C–C–N with tert-alkyl or cyclic N) is 1. The molecule has 1 heterocycles. The van der Waals surface area contributed by atoms with E-state index < -0.39 is 23.9 Å². The van der Waals surface area contributed by atoms with Gasteiger partial charge in [0, 0.05) is 13.0 Å². The van der Waals surface area contributed by atoms with Crippen LogP contribution in [0.25, 0.3) is 0 Å². The minimum Gasteiger partial charge on any atom is -0.449 e. The largest absolute Gasteiger partial charge is 0.449 e. The average Bonchev–Trinajstić information content (AvgIpc) is 2.40. The van der Waals surface area contributed by atoms with Crippen LogP contribution in [0, 0.1) is 0 Å². The molecule has 1 amide bonds. The van der Waals surface area contributed by atoms with Crippen LogP contribution < -0.4 is 0 Å². The van der Waals surface area contributed by atoms with E-state index in [1.54, 1.807) is 6.07 Å². The normalized spacial score (nSPS) is 19.9. The number of amides is 1.